The predicted octanol–water partition coefficient (Wildman–Crippen LogP) is 2.56. The van der Waals surface area contributed by atoms with E-state index in [1.165, 1.54) is 23.0 Å². The number of nitrogens with zero attached hydrogens (tertiary/aromatic N) is 4. The fraction of sp³-hybridized carbons (Fsp3) is 0.217. The first-order chi connectivity index (χ1) is 15.9. The van der Waals surface area contributed by atoms with Crippen LogP contribution in [0.2, 0.25) is 0 Å². The summed E-state index contributed by atoms with van der Waals surface area (Å²) in [5.41, 5.74) is 1.18. The largest absolute Gasteiger partial charge is 0.462 e. The fourth-order valence-electron chi connectivity index (χ4n) is 3.52. The first-order valence-corrected chi connectivity index (χ1v) is 10.3. The molecule has 2 aromatic heterocycles. The van der Waals surface area contributed by atoms with Crippen LogP contribution in [0.4, 0.5) is 15.8 Å². The molecule has 0 saturated heterocycles. The molecule has 9 nitrogen and oxygen atoms in total. The second-order valence-electron chi connectivity index (χ2n) is 7.49. The van der Waals surface area contributed by atoms with Crippen molar-refractivity contribution in [1.82, 2.24) is 18.7 Å². The maximum atomic E-state index is 13.1. The van der Waals surface area contributed by atoms with E-state index in [1.807, 2.05) is 0 Å². The number of rotatable bonds is 7. The van der Waals surface area contributed by atoms with Crippen molar-refractivity contribution in [3.05, 3.63) is 87.1 Å². The number of carbonyl (C=O) groups is 1. The van der Waals surface area contributed by atoms with Gasteiger partial charge in [-0.3, -0.25) is 13.9 Å². The number of aryl methyl sites for hydroxylation is 2. The lowest BCUT2D eigenvalue weighted by atomic mass is 10.1. The van der Waals surface area contributed by atoms with Crippen molar-refractivity contribution in [2.45, 2.75) is 13.0 Å². The van der Waals surface area contributed by atoms with Crippen molar-refractivity contribution in [3.8, 4) is 0 Å². The SMILES string of the molecule is Cn1cnc2c1c(=O)n(CCCOC(=O)c1ccccc1Nc1ccc(F)cc1)c(=O)n2C. The molecule has 0 fully saturated rings. The molecule has 0 radical (unpaired) electrons. The molecule has 0 saturated carbocycles. The summed E-state index contributed by atoms with van der Waals surface area (Å²) in [6.07, 6.45) is 1.76. The number of hydrogen-bond acceptors (Lipinski definition) is 6. The third kappa shape index (κ3) is 4.40. The number of para-hydroxylation sites is 1. The minimum atomic E-state index is -0.553. The first-order valence-electron chi connectivity index (χ1n) is 10.3. The van der Waals surface area contributed by atoms with E-state index in [0.717, 1.165) is 4.57 Å². The summed E-state index contributed by atoms with van der Waals surface area (Å²) >= 11 is 0. The first kappa shape index (κ1) is 22.0. The van der Waals surface area contributed by atoms with Crippen molar-refractivity contribution in [2.24, 2.45) is 14.1 Å². The second kappa shape index (κ2) is 9.11. The van der Waals surface area contributed by atoms with Crippen LogP contribution in [0.5, 0.6) is 0 Å². The molecule has 10 heteroatoms. The smallest absolute Gasteiger partial charge is 0.340 e. The molecule has 0 bridgehead atoms. The van der Waals surface area contributed by atoms with Crippen molar-refractivity contribution in [2.75, 3.05) is 11.9 Å². The molecule has 170 valence electrons. The van der Waals surface area contributed by atoms with Crippen LogP contribution in [0.3, 0.4) is 0 Å². The van der Waals surface area contributed by atoms with E-state index in [0.29, 0.717) is 28.1 Å². The number of ether oxygens (including phenoxy) is 1. The molecule has 0 aliphatic heterocycles. The minimum Gasteiger partial charge on any atom is -0.462 e. The van der Waals surface area contributed by atoms with E-state index >= 15 is 0 Å². The molecule has 0 unspecified atom stereocenters. The summed E-state index contributed by atoms with van der Waals surface area (Å²) in [5, 5.41) is 3.07. The fourth-order valence-corrected chi connectivity index (χ4v) is 3.52. The normalized spacial score (nSPS) is 11.0. The average Bonchev–Trinajstić information content (AvgIpc) is 3.20. The number of carbonyl (C=O) groups excluding carboxylic acids is 1. The Hall–Kier alpha value is -4.21. The molecule has 2 heterocycles. The van der Waals surface area contributed by atoms with E-state index < -0.39 is 17.2 Å². The topological polar surface area (TPSA) is 100 Å². The van der Waals surface area contributed by atoms with Gasteiger partial charge in [0.2, 0.25) is 0 Å². The number of anilines is 2. The Morgan fingerprint density at radius 2 is 1.82 bits per heavy atom. The minimum absolute atomic E-state index is 0.0166. The van der Waals surface area contributed by atoms with Crippen molar-refractivity contribution < 1.29 is 13.9 Å². The molecule has 0 amide bonds. The monoisotopic (exact) mass is 451 g/mol. The third-order valence-corrected chi connectivity index (χ3v) is 5.23. The lowest BCUT2D eigenvalue weighted by molar-refractivity contribution is 0.0496. The zero-order valence-corrected chi connectivity index (χ0v) is 18.1. The van der Waals surface area contributed by atoms with Gasteiger partial charge in [-0.1, -0.05) is 12.1 Å². The molecule has 4 aromatic rings. The van der Waals surface area contributed by atoms with E-state index in [9.17, 15) is 18.8 Å². The maximum absolute atomic E-state index is 13.1. The Morgan fingerprint density at radius 1 is 1.09 bits per heavy atom. The highest BCUT2D eigenvalue weighted by atomic mass is 19.1. The molecule has 1 N–H and O–H groups in total. The summed E-state index contributed by atoms with van der Waals surface area (Å²) in [5.74, 6) is -0.910. The van der Waals surface area contributed by atoms with Gasteiger partial charge in [0, 0.05) is 26.3 Å². The molecule has 0 atom stereocenters. The van der Waals surface area contributed by atoms with Gasteiger partial charge in [-0.05, 0) is 42.8 Å². The number of imidazole rings is 1. The standard InChI is InChI=1S/C23H22FN5O4/c1-27-14-25-20-19(27)21(30)29(23(32)28(20)2)12-5-13-33-22(31)17-6-3-4-7-18(17)26-16-10-8-15(24)9-11-16/h3-4,6-11,14,26H,5,12-13H2,1-2H3. The Morgan fingerprint density at radius 3 is 2.58 bits per heavy atom. The average molecular weight is 451 g/mol. The van der Waals surface area contributed by atoms with Gasteiger partial charge in [-0.2, -0.15) is 0 Å². The molecular formula is C23H22FN5O4. The predicted molar refractivity (Wildman–Crippen MR) is 121 cm³/mol. The molecule has 0 aliphatic rings. The number of benzene rings is 2. The van der Waals surface area contributed by atoms with Gasteiger partial charge >= 0.3 is 11.7 Å². The van der Waals surface area contributed by atoms with Crippen LogP contribution in [0.15, 0.2) is 64.4 Å². The Bertz CT molecular complexity index is 1440. The van der Waals surface area contributed by atoms with Crippen molar-refractivity contribution in [1.29, 1.82) is 0 Å². The Kier molecular flexibility index (Phi) is 6.07. The van der Waals surface area contributed by atoms with Gasteiger partial charge in [0.1, 0.15) is 5.82 Å². The number of nitrogens with one attached hydrogen (secondary N) is 1. The summed E-state index contributed by atoms with van der Waals surface area (Å²) in [4.78, 5) is 42.0. The highest BCUT2D eigenvalue weighted by Crippen LogP contribution is 2.22. The highest BCUT2D eigenvalue weighted by molar-refractivity contribution is 5.96. The van der Waals surface area contributed by atoms with Crippen LogP contribution in [0.25, 0.3) is 11.2 Å². The van der Waals surface area contributed by atoms with Gasteiger partial charge in [-0.25, -0.2) is 19.0 Å². The molecule has 2 aromatic carbocycles. The lowest BCUT2D eigenvalue weighted by Gasteiger charge is -2.12. The van der Waals surface area contributed by atoms with Crippen LogP contribution in [0, 0.1) is 5.82 Å². The molecule has 0 aliphatic carbocycles. The molecule has 33 heavy (non-hydrogen) atoms. The third-order valence-electron chi connectivity index (χ3n) is 5.23. The van der Waals surface area contributed by atoms with Crippen LogP contribution >= 0.6 is 0 Å². The van der Waals surface area contributed by atoms with Gasteiger partial charge in [0.15, 0.2) is 11.2 Å². The van der Waals surface area contributed by atoms with Crippen molar-refractivity contribution >= 4 is 28.5 Å². The molecular weight excluding hydrogens is 429 g/mol. The van der Waals surface area contributed by atoms with E-state index in [1.54, 1.807) is 55.1 Å². The Labute approximate surface area is 187 Å². The zero-order chi connectivity index (χ0) is 23.5. The van der Waals surface area contributed by atoms with E-state index in [-0.39, 0.29) is 25.4 Å². The zero-order valence-electron chi connectivity index (χ0n) is 18.1. The van der Waals surface area contributed by atoms with Gasteiger partial charge in [0.25, 0.3) is 5.56 Å². The molecule has 4 rings (SSSR count). The van der Waals surface area contributed by atoms with E-state index in [4.69, 9.17) is 4.74 Å². The summed E-state index contributed by atoms with van der Waals surface area (Å²) in [6, 6.07) is 12.6. The maximum Gasteiger partial charge on any atom is 0.340 e. The number of esters is 1. The number of fused-ring (bicyclic) bond motifs is 1. The summed E-state index contributed by atoms with van der Waals surface area (Å²) in [7, 11) is 3.24. The van der Waals surface area contributed by atoms with Crippen LogP contribution < -0.4 is 16.6 Å². The quantitative estimate of drug-likeness (QED) is 0.342. The number of aromatic nitrogens is 4. The van der Waals surface area contributed by atoms with Crippen LogP contribution in [-0.2, 0) is 25.4 Å². The Balaban J connectivity index is 1.43. The summed E-state index contributed by atoms with van der Waals surface area (Å²) < 4.78 is 22.5. The number of hydrogen-bond donors (Lipinski definition) is 1. The summed E-state index contributed by atoms with van der Waals surface area (Å²) in [6.45, 7) is 0.109. The van der Waals surface area contributed by atoms with Crippen LogP contribution in [-0.4, -0.2) is 31.3 Å². The molecule has 0 spiro atoms. The second-order valence-corrected chi connectivity index (χ2v) is 7.49. The van der Waals surface area contributed by atoms with Gasteiger partial charge in [-0.15, -0.1) is 0 Å². The van der Waals surface area contributed by atoms with Crippen LogP contribution in [0.1, 0.15) is 16.8 Å². The van der Waals surface area contributed by atoms with E-state index in [2.05, 4.69) is 10.3 Å². The van der Waals surface area contributed by atoms with Gasteiger partial charge < -0.3 is 14.6 Å². The number of halogens is 1. The van der Waals surface area contributed by atoms with Crippen molar-refractivity contribution in [3.63, 3.8) is 0 Å². The van der Waals surface area contributed by atoms with Gasteiger partial charge in [0.05, 0.1) is 24.2 Å². The lowest BCUT2D eigenvalue weighted by Crippen LogP contribution is -2.39. The highest BCUT2D eigenvalue weighted by Gasteiger charge is 2.16.